The van der Waals surface area contributed by atoms with Crippen molar-refractivity contribution in [2.24, 2.45) is 17.6 Å². The molecule has 0 aromatic heterocycles. The van der Waals surface area contributed by atoms with E-state index in [1.807, 2.05) is 0 Å². The zero-order chi connectivity index (χ0) is 29.3. The highest BCUT2D eigenvalue weighted by atomic mass is 16.4. The lowest BCUT2D eigenvalue weighted by atomic mass is 9.56. The second-order valence-electron chi connectivity index (χ2n) is 10.3. The lowest BCUT2D eigenvalue weighted by Crippen LogP contribution is -2.68. The number of aldehydes is 1. The van der Waals surface area contributed by atoms with E-state index in [-0.39, 0.29) is 16.7 Å². The molecule has 0 fully saturated rings. The third-order valence-corrected chi connectivity index (χ3v) is 7.90. The number of amides is 1. The van der Waals surface area contributed by atoms with E-state index in [0.29, 0.717) is 17.4 Å². The molecule has 5 atom stereocenters. The fourth-order valence-electron chi connectivity index (χ4n) is 6.22. The standard InChI is InChI=1S/C29H26N2O9/c1-31(2)22-21-24(35)18-15(10-12-5-3-6-13(9-12)11-32)14-7-4-8-16(33)17(14)23(34)19(18)26(37)29(21,40)27(38)20(25(22)36)28(30)39/h3-11,18,21-22,24,33,35-37,40H,1-2H3,(H2,30,39)/b15-10+/t18-,21-,22+,24+,29-/m0/s1. The maximum absolute atomic E-state index is 13.8. The molecule has 0 spiro atoms. The minimum atomic E-state index is -3.02. The molecule has 0 bridgehead atoms. The fourth-order valence-corrected chi connectivity index (χ4v) is 6.22. The van der Waals surface area contributed by atoms with Gasteiger partial charge in [0.1, 0.15) is 29.1 Å². The van der Waals surface area contributed by atoms with E-state index < -0.39 is 75.5 Å². The molecular formula is C29H26N2O9. The van der Waals surface area contributed by atoms with Gasteiger partial charge in [0.05, 0.1) is 29.2 Å². The van der Waals surface area contributed by atoms with Crippen molar-refractivity contribution in [1.82, 2.24) is 4.90 Å². The second-order valence-corrected chi connectivity index (χ2v) is 10.3. The van der Waals surface area contributed by atoms with Gasteiger partial charge in [-0.3, -0.25) is 24.1 Å². The van der Waals surface area contributed by atoms with Crippen molar-refractivity contribution >= 4 is 35.4 Å². The summed E-state index contributed by atoms with van der Waals surface area (Å²) < 4.78 is 0. The van der Waals surface area contributed by atoms with Gasteiger partial charge in [-0.25, -0.2) is 0 Å². The van der Waals surface area contributed by atoms with Crippen LogP contribution in [0.3, 0.4) is 0 Å². The van der Waals surface area contributed by atoms with Crippen LogP contribution in [-0.2, 0) is 9.59 Å². The van der Waals surface area contributed by atoms with Gasteiger partial charge in [0.15, 0.2) is 11.4 Å². The molecule has 5 rings (SSSR count). The van der Waals surface area contributed by atoms with E-state index in [2.05, 4.69) is 0 Å². The Kier molecular flexibility index (Phi) is 6.25. The summed E-state index contributed by atoms with van der Waals surface area (Å²) in [6, 6.07) is 9.28. The van der Waals surface area contributed by atoms with E-state index >= 15 is 0 Å². The molecule has 0 saturated heterocycles. The molecule has 0 unspecified atom stereocenters. The molecular weight excluding hydrogens is 520 g/mol. The average molecular weight is 547 g/mol. The number of aromatic hydroxyl groups is 1. The number of aliphatic hydroxyl groups excluding tert-OH is 3. The number of benzene rings is 2. The number of hydrogen-bond donors (Lipinski definition) is 6. The Morgan fingerprint density at radius 3 is 2.33 bits per heavy atom. The van der Waals surface area contributed by atoms with Gasteiger partial charge >= 0.3 is 0 Å². The van der Waals surface area contributed by atoms with Crippen LogP contribution in [0.25, 0.3) is 11.6 Å². The number of likely N-dealkylation sites (N-methyl/N-ethyl adjacent to an activating group) is 1. The first-order valence-corrected chi connectivity index (χ1v) is 12.3. The largest absolute Gasteiger partial charge is 0.510 e. The van der Waals surface area contributed by atoms with Crippen LogP contribution in [0.15, 0.2) is 65.1 Å². The predicted octanol–water partition coefficient (Wildman–Crippen LogP) is 0.902. The van der Waals surface area contributed by atoms with Crippen molar-refractivity contribution in [3.63, 3.8) is 0 Å². The number of Topliss-reactive ketones (excluding diaryl/α,β-unsaturated/α-hetero) is 2. The Morgan fingerprint density at radius 2 is 1.70 bits per heavy atom. The van der Waals surface area contributed by atoms with E-state index in [0.717, 1.165) is 0 Å². The summed E-state index contributed by atoms with van der Waals surface area (Å²) in [6.45, 7) is 0. The Balaban J connectivity index is 1.87. The van der Waals surface area contributed by atoms with Crippen molar-refractivity contribution in [3.05, 3.63) is 87.4 Å². The fraction of sp³-hybridized carbons (Fsp3) is 0.241. The van der Waals surface area contributed by atoms with Gasteiger partial charge in [-0.2, -0.15) is 0 Å². The zero-order valence-electron chi connectivity index (χ0n) is 21.4. The van der Waals surface area contributed by atoms with Gasteiger partial charge in [-0.15, -0.1) is 0 Å². The van der Waals surface area contributed by atoms with Crippen LogP contribution >= 0.6 is 0 Å². The number of ketones is 2. The molecule has 0 aliphatic heterocycles. The van der Waals surface area contributed by atoms with Gasteiger partial charge in [0, 0.05) is 11.5 Å². The van der Waals surface area contributed by atoms with Crippen LogP contribution < -0.4 is 5.73 Å². The third-order valence-electron chi connectivity index (χ3n) is 7.90. The number of phenolic OH excluding ortho intramolecular Hbond substituents is 1. The van der Waals surface area contributed by atoms with Crippen molar-refractivity contribution in [1.29, 1.82) is 0 Å². The molecule has 0 radical (unpaired) electrons. The minimum absolute atomic E-state index is 0.216. The second kappa shape index (κ2) is 9.26. The highest BCUT2D eigenvalue weighted by Gasteiger charge is 2.67. The van der Waals surface area contributed by atoms with Crippen molar-refractivity contribution in [3.8, 4) is 5.75 Å². The zero-order valence-corrected chi connectivity index (χ0v) is 21.4. The van der Waals surface area contributed by atoms with E-state index in [4.69, 9.17) is 5.73 Å². The van der Waals surface area contributed by atoms with E-state index in [1.165, 1.54) is 37.2 Å². The van der Waals surface area contributed by atoms with Gasteiger partial charge < -0.3 is 31.3 Å². The summed E-state index contributed by atoms with van der Waals surface area (Å²) in [6.07, 6.45) is 0.409. The number of primary amides is 1. The molecule has 7 N–H and O–H groups in total. The highest BCUT2D eigenvalue weighted by Crippen LogP contribution is 2.55. The number of carbonyl (C=O) groups is 4. The summed E-state index contributed by atoms with van der Waals surface area (Å²) >= 11 is 0. The van der Waals surface area contributed by atoms with Gasteiger partial charge in [-0.1, -0.05) is 36.4 Å². The molecule has 3 aliphatic carbocycles. The molecule has 3 aliphatic rings. The maximum Gasteiger partial charge on any atom is 0.255 e. The summed E-state index contributed by atoms with van der Waals surface area (Å²) in [5.74, 6) is -9.18. The number of nitrogens with two attached hydrogens (primary N) is 1. The Bertz CT molecular complexity index is 1600. The summed E-state index contributed by atoms with van der Waals surface area (Å²) in [7, 11) is 2.92. The number of nitrogens with zero attached hydrogens (tertiary/aromatic N) is 1. The number of rotatable bonds is 4. The minimum Gasteiger partial charge on any atom is -0.510 e. The lowest BCUT2D eigenvalue weighted by molar-refractivity contribution is -0.159. The first-order valence-electron chi connectivity index (χ1n) is 12.3. The van der Waals surface area contributed by atoms with Crippen LogP contribution in [0, 0.1) is 11.8 Å². The Hall–Kier alpha value is -4.58. The number of aliphatic hydroxyl groups is 4. The van der Waals surface area contributed by atoms with Gasteiger partial charge in [0.2, 0.25) is 5.78 Å². The predicted molar refractivity (Wildman–Crippen MR) is 141 cm³/mol. The SMILES string of the molecule is CN(C)[C@H]1C(O)=C(C(N)=O)C(=O)[C@@]2(O)C(O)=C3C(=O)c4c(O)cccc4/C(=C\c4cccc(C=O)c4)[C@@H]3[C@@H](O)[C@H]12. The van der Waals surface area contributed by atoms with Crippen LogP contribution in [-0.4, -0.2) is 86.0 Å². The Morgan fingerprint density at radius 1 is 1.05 bits per heavy atom. The van der Waals surface area contributed by atoms with Gasteiger partial charge in [0.25, 0.3) is 5.91 Å². The Labute approximate surface area is 227 Å². The summed E-state index contributed by atoms with van der Waals surface area (Å²) in [5.41, 5.74) is 1.83. The first kappa shape index (κ1) is 27.0. The normalized spacial score (nSPS) is 28.9. The molecule has 0 heterocycles. The number of phenols is 1. The molecule has 2 aromatic rings. The smallest absolute Gasteiger partial charge is 0.255 e. The third kappa shape index (κ3) is 3.55. The number of carbonyl (C=O) groups excluding carboxylic acids is 4. The van der Waals surface area contributed by atoms with Gasteiger partial charge in [-0.05, 0) is 42.9 Å². The molecule has 0 saturated carbocycles. The summed E-state index contributed by atoms with van der Waals surface area (Å²) in [4.78, 5) is 52.2. The van der Waals surface area contributed by atoms with E-state index in [9.17, 15) is 44.7 Å². The highest BCUT2D eigenvalue weighted by molar-refractivity contribution is 6.25. The monoisotopic (exact) mass is 546 g/mol. The molecule has 40 heavy (non-hydrogen) atoms. The van der Waals surface area contributed by atoms with Crippen LogP contribution in [0.4, 0.5) is 0 Å². The van der Waals surface area contributed by atoms with Crippen molar-refractivity contribution in [2.75, 3.05) is 14.1 Å². The maximum atomic E-state index is 13.8. The molecule has 1 amide bonds. The van der Waals surface area contributed by atoms with Crippen molar-refractivity contribution in [2.45, 2.75) is 17.7 Å². The lowest BCUT2D eigenvalue weighted by Gasteiger charge is -2.52. The molecule has 206 valence electrons. The summed E-state index contributed by atoms with van der Waals surface area (Å²) in [5, 5.41) is 56.8. The van der Waals surface area contributed by atoms with Crippen LogP contribution in [0.1, 0.15) is 31.8 Å². The van der Waals surface area contributed by atoms with Crippen molar-refractivity contribution < 1.29 is 44.7 Å². The molecule has 11 heteroatoms. The van der Waals surface area contributed by atoms with Crippen LogP contribution in [0.5, 0.6) is 5.75 Å². The van der Waals surface area contributed by atoms with Crippen LogP contribution in [0.2, 0.25) is 0 Å². The topological polar surface area (TPSA) is 199 Å². The average Bonchev–Trinajstić information content (AvgIpc) is 2.90. The number of hydrogen-bond acceptors (Lipinski definition) is 10. The molecule has 11 nitrogen and oxygen atoms in total. The first-order chi connectivity index (χ1) is 18.9. The number of fused-ring (bicyclic) bond motifs is 3. The quantitative estimate of drug-likeness (QED) is 0.237. The molecule has 2 aromatic carbocycles. The van der Waals surface area contributed by atoms with E-state index in [1.54, 1.807) is 30.3 Å².